The second-order valence-corrected chi connectivity index (χ2v) is 8.90. The lowest BCUT2D eigenvalue weighted by Crippen LogP contribution is -2.29. The summed E-state index contributed by atoms with van der Waals surface area (Å²) in [5.74, 6) is 0.383. The molecule has 1 amide bonds. The molecule has 0 fully saturated rings. The summed E-state index contributed by atoms with van der Waals surface area (Å²) in [6.45, 7) is 3.47. The van der Waals surface area contributed by atoms with Gasteiger partial charge in [-0.05, 0) is 38.6 Å². The van der Waals surface area contributed by atoms with Crippen LogP contribution in [-0.4, -0.2) is 43.0 Å². The van der Waals surface area contributed by atoms with Gasteiger partial charge in [0.1, 0.15) is 5.69 Å². The summed E-state index contributed by atoms with van der Waals surface area (Å²) in [6, 6.07) is 27.7. The van der Waals surface area contributed by atoms with Gasteiger partial charge in [-0.3, -0.25) is 4.79 Å². The maximum atomic E-state index is 13.9. The first-order chi connectivity index (χ1) is 17.1. The number of halogens is 1. The lowest BCUT2D eigenvalue weighted by Gasteiger charge is -2.21. The van der Waals surface area contributed by atoms with E-state index < -0.39 is 0 Å². The van der Waals surface area contributed by atoms with Gasteiger partial charge in [-0.2, -0.15) is 0 Å². The van der Waals surface area contributed by atoms with Gasteiger partial charge < -0.3 is 15.0 Å². The van der Waals surface area contributed by atoms with Crippen molar-refractivity contribution < 1.29 is 9.53 Å². The van der Waals surface area contributed by atoms with Crippen molar-refractivity contribution in [3.05, 3.63) is 96.1 Å². The van der Waals surface area contributed by atoms with Gasteiger partial charge in [0.15, 0.2) is 5.75 Å². The van der Waals surface area contributed by atoms with Crippen LogP contribution in [0.3, 0.4) is 0 Å². The molecule has 3 aromatic carbocycles. The van der Waals surface area contributed by atoms with Crippen LogP contribution >= 0.6 is 12.4 Å². The lowest BCUT2D eigenvalue weighted by molar-refractivity contribution is 0.0933. The van der Waals surface area contributed by atoms with Gasteiger partial charge in [0.05, 0.1) is 23.7 Å². The van der Waals surface area contributed by atoms with Gasteiger partial charge in [0, 0.05) is 17.5 Å². The minimum Gasteiger partial charge on any atom is -0.490 e. The number of rotatable bonds is 10. The third kappa shape index (κ3) is 6.42. The molecule has 1 N–H and O–H groups in total. The Bertz CT molecular complexity index is 1260. The number of benzene rings is 3. The maximum Gasteiger partial charge on any atom is 0.256 e. The normalized spacial score (nSPS) is 11.7. The molecule has 0 saturated heterocycles. The Hall–Kier alpha value is -3.41. The third-order valence-electron chi connectivity index (χ3n) is 6.03. The fraction of sp³-hybridized carbons (Fsp3) is 0.267. The minimum atomic E-state index is -0.154. The number of aromatic nitrogens is 1. The number of ether oxygens (including phenoxy) is 1. The van der Waals surface area contributed by atoms with Crippen LogP contribution in [0.5, 0.6) is 5.75 Å². The molecule has 0 aliphatic heterocycles. The van der Waals surface area contributed by atoms with E-state index >= 15 is 0 Å². The van der Waals surface area contributed by atoms with Crippen molar-refractivity contribution in [3.63, 3.8) is 0 Å². The van der Waals surface area contributed by atoms with Gasteiger partial charge in [-0.15, -0.1) is 12.4 Å². The van der Waals surface area contributed by atoms with Crippen LogP contribution in [0.25, 0.3) is 22.2 Å². The van der Waals surface area contributed by atoms with E-state index in [9.17, 15) is 4.79 Å². The fourth-order valence-electron chi connectivity index (χ4n) is 4.24. The summed E-state index contributed by atoms with van der Waals surface area (Å²) in [5.41, 5.74) is 3.99. The molecule has 5 nitrogen and oxygen atoms in total. The fourth-order valence-corrected chi connectivity index (χ4v) is 4.24. The molecule has 1 unspecified atom stereocenters. The number of carbonyl (C=O) groups excluding carboxylic acids is 1. The molecule has 0 aliphatic carbocycles. The molecule has 0 bridgehead atoms. The second kappa shape index (κ2) is 13.1. The number of amides is 1. The van der Waals surface area contributed by atoms with Crippen molar-refractivity contribution in [1.82, 2.24) is 15.2 Å². The summed E-state index contributed by atoms with van der Waals surface area (Å²) in [4.78, 5) is 21.0. The summed E-state index contributed by atoms with van der Waals surface area (Å²) in [6.07, 6.45) is 1.63. The number of hydrogen-bond acceptors (Lipinski definition) is 4. The van der Waals surface area contributed by atoms with Crippen LogP contribution in [0.4, 0.5) is 0 Å². The van der Waals surface area contributed by atoms with E-state index in [1.54, 1.807) is 0 Å². The summed E-state index contributed by atoms with van der Waals surface area (Å²) in [5, 5.41) is 4.05. The predicted octanol–water partition coefficient (Wildman–Crippen LogP) is 6.54. The van der Waals surface area contributed by atoms with Crippen LogP contribution in [0.1, 0.15) is 41.7 Å². The number of pyridine rings is 1. The zero-order valence-corrected chi connectivity index (χ0v) is 21.9. The quantitative estimate of drug-likeness (QED) is 0.250. The molecule has 1 aromatic heterocycles. The third-order valence-corrected chi connectivity index (χ3v) is 6.03. The molecule has 0 radical (unpaired) electrons. The van der Waals surface area contributed by atoms with Crippen molar-refractivity contribution >= 4 is 29.2 Å². The summed E-state index contributed by atoms with van der Waals surface area (Å²) in [7, 11) is 4.08. The van der Waals surface area contributed by atoms with Gasteiger partial charge in [-0.25, -0.2) is 4.98 Å². The highest BCUT2D eigenvalue weighted by atomic mass is 35.5. The first kappa shape index (κ1) is 27.2. The van der Waals surface area contributed by atoms with Crippen LogP contribution in [0.15, 0.2) is 84.9 Å². The summed E-state index contributed by atoms with van der Waals surface area (Å²) >= 11 is 0. The molecule has 0 aliphatic rings. The number of nitrogens with one attached hydrogen (secondary N) is 1. The van der Waals surface area contributed by atoms with Crippen LogP contribution in [-0.2, 0) is 0 Å². The van der Waals surface area contributed by atoms with Crippen molar-refractivity contribution in [2.24, 2.45) is 0 Å². The minimum absolute atomic E-state index is 0. The average molecular weight is 504 g/mol. The Labute approximate surface area is 219 Å². The molecule has 188 valence electrons. The van der Waals surface area contributed by atoms with Gasteiger partial charge in [0.25, 0.3) is 5.91 Å². The summed E-state index contributed by atoms with van der Waals surface area (Å²) < 4.78 is 6.37. The molecule has 1 heterocycles. The second-order valence-electron chi connectivity index (χ2n) is 8.90. The predicted molar refractivity (Wildman–Crippen MR) is 150 cm³/mol. The highest BCUT2D eigenvalue weighted by Gasteiger charge is 2.25. The highest BCUT2D eigenvalue weighted by Crippen LogP contribution is 2.37. The van der Waals surface area contributed by atoms with E-state index in [1.807, 2.05) is 99.0 Å². The zero-order chi connectivity index (χ0) is 24.6. The van der Waals surface area contributed by atoms with Crippen LogP contribution < -0.4 is 10.1 Å². The molecule has 0 saturated carbocycles. The molecule has 4 rings (SSSR count). The molecular weight excluding hydrogens is 470 g/mol. The van der Waals surface area contributed by atoms with Crippen molar-refractivity contribution in [2.45, 2.75) is 25.8 Å². The molecule has 36 heavy (non-hydrogen) atoms. The van der Waals surface area contributed by atoms with E-state index in [0.29, 0.717) is 23.6 Å². The Balaban J connectivity index is 0.00000361. The first-order valence-electron chi connectivity index (χ1n) is 12.2. The molecular formula is C30H34ClN3O2. The van der Waals surface area contributed by atoms with E-state index in [-0.39, 0.29) is 24.4 Å². The van der Waals surface area contributed by atoms with E-state index in [4.69, 9.17) is 9.72 Å². The topological polar surface area (TPSA) is 54.5 Å². The van der Waals surface area contributed by atoms with Gasteiger partial charge in [-0.1, -0.05) is 85.8 Å². The van der Waals surface area contributed by atoms with Crippen molar-refractivity contribution in [1.29, 1.82) is 0 Å². The van der Waals surface area contributed by atoms with Crippen molar-refractivity contribution in [3.8, 4) is 17.0 Å². The molecule has 1 atom stereocenters. The zero-order valence-electron chi connectivity index (χ0n) is 21.1. The Morgan fingerprint density at radius 3 is 2.25 bits per heavy atom. The number of nitrogens with zero attached hydrogens (tertiary/aromatic N) is 2. The number of carbonyl (C=O) groups is 1. The molecule has 6 heteroatoms. The maximum absolute atomic E-state index is 13.9. The molecule has 4 aromatic rings. The number of para-hydroxylation sites is 1. The Morgan fingerprint density at radius 2 is 1.58 bits per heavy atom. The number of hydrogen-bond donors (Lipinski definition) is 1. The van der Waals surface area contributed by atoms with Gasteiger partial charge in [0.2, 0.25) is 0 Å². The Kier molecular flexibility index (Phi) is 9.86. The van der Waals surface area contributed by atoms with E-state index in [1.165, 1.54) is 0 Å². The molecule has 0 spiro atoms. The standard InChI is InChI=1S/C30H33N3O2.ClH/c1-4-25(22-14-7-5-8-15-22)32-30(34)27-24-18-11-12-19-26(24)31-28(23-16-9-6-10-17-23)29(27)35-21-13-20-33(2)3;/h5-12,14-19,25H,4,13,20-21H2,1-3H3,(H,32,34);1H. The highest BCUT2D eigenvalue weighted by molar-refractivity contribution is 6.10. The first-order valence-corrected chi connectivity index (χ1v) is 12.2. The van der Waals surface area contributed by atoms with Crippen LogP contribution in [0.2, 0.25) is 0 Å². The Morgan fingerprint density at radius 1 is 0.944 bits per heavy atom. The largest absolute Gasteiger partial charge is 0.490 e. The van der Waals surface area contributed by atoms with E-state index in [0.717, 1.165) is 41.4 Å². The smallest absolute Gasteiger partial charge is 0.256 e. The lowest BCUT2D eigenvalue weighted by atomic mass is 10.00. The van der Waals surface area contributed by atoms with Crippen LogP contribution in [0, 0.1) is 0 Å². The number of fused-ring (bicyclic) bond motifs is 1. The van der Waals surface area contributed by atoms with E-state index in [2.05, 4.69) is 17.1 Å². The SMILES string of the molecule is CCC(NC(=O)c1c(OCCCN(C)C)c(-c2ccccc2)nc2ccccc12)c1ccccc1.Cl. The monoisotopic (exact) mass is 503 g/mol. The van der Waals surface area contributed by atoms with Gasteiger partial charge >= 0.3 is 0 Å². The average Bonchev–Trinajstić information content (AvgIpc) is 2.89. The van der Waals surface area contributed by atoms with Crippen molar-refractivity contribution in [2.75, 3.05) is 27.2 Å².